The molecule has 7 heteroatoms. The fourth-order valence-electron chi connectivity index (χ4n) is 1.42. The first-order valence-corrected chi connectivity index (χ1v) is 4.46. The minimum atomic E-state index is -1.21. The largest absolute Gasteiger partial charge is 0.495 e. The van der Waals surface area contributed by atoms with Gasteiger partial charge < -0.3 is 15.2 Å². The number of carbonyl (C=O) groups excluding carboxylic acids is 1. The molecular weight excluding hydrogens is 214 g/mol. The van der Waals surface area contributed by atoms with E-state index < -0.39 is 12.0 Å². The number of fused-ring (bicyclic) bond motifs is 1. The van der Waals surface area contributed by atoms with Crippen molar-refractivity contribution in [3.05, 3.63) is 12.3 Å². The summed E-state index contributed by atoms with van der Waals surface area (Å²) in [7, 11) is 1.46. The summed E-state index contributed by atoms with van der Waals surface area (Å²) in [5.74, 6) is 0.254. The lowest BCUT2D eigenvalue weighted by Crippen LogP contribution is -2.41. The Hall–Kier alpha value is -2.31. The molecule has 1 aliphatic heterocycles. The molecule has 0 aliphatic carbocycles. The Morgan fingerprint density at radius 3 is 3.06 bits per heavy atom. The Balaban J connectivity index is 2.47. The number of nitrogens with one attached hydrogen (secondary N) is 1. The van der Waals surface area contributed by atoms with E-state index in [-0.39, 0.29) is 12.4 Å². The summed E-state index contributed by atoms with van der Waals surface area (Å²) in [4.78, 5) is 27.0. The van der Waals surface area contributed by atoms with Crippen LogP contribution in [0.3, 0.4) is 0 Å². The molecule has 84 valence electrons. The van der Waals surface area contributed by atoms with Crippen LogP contribution in [0.2, 0.25) is 0 Å². The number of amides is 2. The maximum absolute atomic E-state index is 11.3. The number of carbonyl (C=O) groups is 2. The summed E-state index contributed by atoms with van der Waals surface area (Å²) in [6.07, 6.45) is 0.181. The second kappa shape index (κ2) is 3.69. The van der Waals surface area contributed by atoms with Gasteiger partial charge in [0.2, 0.25) is 5.91 Å². The molecule has 2 N–H and O–H groups in total. The highest BCUT2D eigenvalue weighted by Crippen LogP contribution is 2.30. The summed E-state index contributed by atoms with van der Waals surface area (Å²) >= 11 is 0. The standard InChI is InChI=1S/C9H9N3O4/c1-16-5-2-6-8(10-3-5)12(9(14)15)4-7(13)11-6/h2-3H,4H2,1H3,(H,11,13)(H,14,15). The van der Waals surface area contributed by atoms with Crippen molar-refractivity contribution in [3.63, 3.8) is 0 Å². The van der Waals surface area contributed by atoms with Gasteiger partial charge in [0.25, 0.3) is 0 Å². The maximum Gasteiger partial charge on any atom is 0.413 e. The molecule has 16 heavy (non-hydrogen) atoms. The maximum atomic E-state index is 11.3. The average molecular weight is 223 g/mol. The van der Waals surface area contributed by atoms with Crippen molar-refractivity contribution in [2.75, 3.05) is 23.9 Å². The number of pyridine rings is 1. The SMILES string of the molecule is COc1cnc2c(c1)NC(=O)CN2C(=O)O. The summed E-state index contributed by atoms with van der Waals surface area (Å²) in [6.45, 7) is -0.248. The first kappa shape index (κ1) is 10.2. The topological polar surface area (TPSA) is 91.8 Å². The Morgan fingerprint density at radius 2 is 2.44 bits per heavy atom. The number of carboxylic acid groups (broad SMARTS) is 1. The third-order valence-corrected chi connectivity index (χ3v) is 2.14. The van der Waals surface area contributed by atoms with E-state index in [9.17, 15) is 9.59 Å². The van der Waals surface area contributed by atoms with E-state index in [4.69, 9.17) is 9.84 Å². The quantitative estimate of drug-likeness (QED) is 0.724. The van der Waals surface area contributed by atoms with Crippen LogP contribution in [0.1, 0.15) is 0 Å². The van der Waals surface area contributed by atoms with Crippen LogP contribution < -0.4 is 15.0 Å². The number of hydrogen-bond acceptors (Lipinski definition) is 4. The highest BCUT2D eigenvalue weighted by atomic mass is 16.5. The predicted octanol–water partition coefficient (Wildman–Crippen LogP) is 0.527. The third kappa shape index (κ3) is 1.62. The van der Waals surface area contributed by atoms with Crippen LogP contribution >= 0.6 is 0 Å². The summed E-state index contributed by atoms with van der Waals surface area (Å²) in [5.41, 5.74) is 0.331. The van der Waals surface area contributed by atoms with Crippen LogP contribution in [-0.2, 0) is 4.79 Å². The summed E-state index contributed by atoms with van der Waals surface area (Å²) in [5, 5.41) is 11.4. The highest BCUT2D eigenvalue weighted by molar-refractivity contribution is 6.06. The van der Waals surface area contributed by atoms with Crippen LogP contribution in [0.15, 0.2) is 12.3 Å². The first-order chi connectivity index (χ1) is 7.61. The molecule has 0 atom stereocenters. The predicted molar refractivity (Wildman–Crippen MR) is 54.8 cm³/mol. The fraction of sp³-hybridized carbons (Fsp3) is 0.222. The van der Waals surface area contributed by atoms with Crippen LogP contribution in [0.5, 0.6) is 5.75 Å². The molecule has 0 saturated heterocycles. The lowest BCUT2D eigenvalue weighted by atomic mass is 10.3. The molecule has 7 nitrogen and oxygen atoms in total. The molecular formula is C9H9N3O4. The van der Waals surface area contributed by atoms with Gasteiger partial charge in [-0.25, -0.2) is 9.78 Å². The van der Waals surface area contributed by atoms with Gasteiger partial charge in [-0.2, -0.15) is 0 Å². The van der Waals surface area contributed by atoms with Gasteiger partial charge in [0.1, 0.15) is 12.3 Å². The van der Waals surface area contributed by atoms with Gasteiger partial charge >= 0.3 is 6.09 Å². The molecule has 2 heterocycles. The summed E-state index contributed by atoms with van der Waals surface area (Å²) < 4.78 is 4.93. The van der Waals surface area contributed by atoms with E-state index in [2.05, 4.69) is 10.3 Å². The smallest absolute Gasteiger partial charge is 0.413 e. The highest BCUT2D eigenvalue weighted by Gasteiger charge is 2.28. The van der Waals surface area contributed by atoms with E-state index in [0.29, 0.717) is 11.4 Å². The second-order valence-corrected chi connectivity index (χ2v) is 3.16. The van der Waals surface area contributed by atoms with Crippen molar-refractivity contribution in [2.24, 2.45) is 0 Å². The van der Waals surface area contributed by atoms with Crippen molar-refractivity contribution < 1.29 is 19.4 Å². The molecule has 0 bridgehead atoms. The van der Waals surface area contributed by atoms with Crippen LogP contribution in [0.25, 0.3) is 0 Å². The number of nitrogens with zero attached hydrogens (tertiary/aromatic N) is 2. The van der Waals surface area contributed by atoms with Crippen LogP contribution in [0, 0.1) is 0 Å². The van der Waals surface area contributed by atoms with Crippen molar-refractivity contribution >= 4 is 23.5 Å². The normalized spacial score (nSPS) is 14.1. The van der Waals surface area contributed by atoms with E-state index in [1.54, 1.807) is 0 Å². The second-order valence-electron chi connectivity index (χ2n) is 3.16. The zero-order chi connectivity index (χ0) is 11.7. The van der Waals surface area contributed by atoms with Crippen molar-refractivity contribution in [3.8, 4) is 5.75 Å². The number of anilines is 2. The zero-order valence-corrected chi connectivity index (χ0v) is 8.43. The molecule has 0 radical (unpaired) electrons. The number of hydrogen-bond donors (Lipinski definition) is 2. The number of aromatic nitrogens is 1. The van der Waals surface area contributed by atoms with Gasteiger partial charge in [0.05, 0.1) is 19.0 Å². The molecule has 0 fully saturated rings. The van der Waals surface area contributed by atoms with Crippen molar-refractivity contribution in [2.45, 2.75) is 0 Å². The molecule has 0 unspecified atom stereocenters. The molecule has 0 spiro atoms. The molecule has 1 aromatic heterocycles. The zero-order valence-electron chi connectivity index (χ0n) is 8.43. The molecule has 2 amide bonds. The van der Waals surface area contributed by atoms with Gasteiger partial charge in [-0.3, -0.25) is 9.69 Å². The van der Waals surface area contributed by atoms with Gasteiger partial charge in [-0.1, -0.05) is 0 Å². The lowest BCUT2D eigenvalue weighted by molar-refractivity contribution is -0.115. The van der Waals surface area contributed by atoms with Crippen LogP contribution in [0.4, 0.5) is 16.3 Å². The molecule has 0 aromatic carbocycles. The first-order valence-electron chi connectivity index (χ1n) is 4.46. The minimum Gasteiger partial charge on any atom is -0.495 e. The van der Waals surface area contributed by atoms with E-state index >= 15 is 0 Å². The monoisotopic (exact) mass is 223 g/mol. The van der Waals surface area contributed by atoms with E-state index in [0.717, 1.165) is 4.90 Å². The van der Waals surface area contributed by atoms with E-state index in [1.807, 2.05) is 0 Å². The molecule has 2 rings (SSSR count). The molecule has 1 aliphatic rings. The Labute approximate surface area is 90.6 Å². The third-order valence-electron chi connectivity index (χ3n) is 2.14. The van der Waals surface area contributed by atoms with Crippen molar-refractivity contribution in [1.82, 2.24) is 4.98 Å². The average Bonchev–Trinajstić information content (AvgIpc) is 2.26. The van der Waals surface area contributed by atoms with Gasteiger partial charge in [0.15, 0.2) is 5.82 Å². The van der Waals surface area contributed by atoms with Crippen molar-refractivity contribution in [1.29, 1.82) is 0 Å². The Kier molecular flexibility index (Phi) is 2.35. The van der Waals surface area contributed by atoms with Gasteiger partial charge in [-0.15, -0.1) is 0 Å². The Bertz CT molecular complexity index is 460. The minimum absolute atomic E-state index is 0.202. The fourth-order valence-corrected chi connectivity index (χ4v) is 1.42. The number of ether oxygens (including phenoxy) is 1. The van der Waals surface area contributed by atoms with Crippen LogP contribution in [-0.4, -0.2) is 35.7 Å². The molecule has 1 aromatic rings. The number of methoxy groups -OCH3 is 1. The summed E-state index contributed by atoms with van der Waals surface area (Å²) in [6, 6.07) is 1.52. The lowest BCUT2D eigenvalue weighted by Gasteiger charge is -2.25. The Morgan fingerprint density at radius 1 is 1.69 bits per heavy atom. The molecule has 0 saturated carbocycles. The van der Waals surface area contributed by atoms with Gasteiger partial charge in [0, 0.05) is 6.07 Å². The van der Waals surface area contributed by atoms with Gasteiger partial charge in [-0.05, 0) is 0 Å². The number of rotatable bonds is 1. The van der Waals surface area contributed by atoms with E-state index in [1.165, 1.54) is 19.4 Å².